The summed E-state index contributed by atoms with van der Waals surface area (Å²) < 4.78 is 4.91. The van der Waals surface area contributed by atoms with Crippen LogP contribution in [0, 0.1) is 11.8 Å². The van der Waals surface area contributed by atoms with Crippen molar-refractivity contribution in [3.63, 3.8) is 0 Å². The van der Waals surface area contributed by atoms with Crippen molar-refractivity contribution >= 4 is 35.1 Å². The molecule has 31 heavy (non-hydrogen) atoms. The Labute approximate surface area is 202 Å². The molecule has 0 aromatic heterocycles. The average Bonchev–Trinajstić information content (AvgIpc) is 2.65. The van der Waals surface area contributed by atoms with Crippen molar-refractivity contribution < 1.29 is 14.3 Å². The van der Waals surface area contributed by atoms with Crippen LogP contribution in [-0.4, -0.2) is 22.7 Å². The van der Waals surface area contributed by atoms with E-state index in [0.29, 0.717) is 0 Å². The van der Waals surface area contributed by atoms with Crippen molar-refractivity contribution in [1.29, 1.82) is 0 Å². The summed E-state index contributed by atoms with van der Waals surface area (Å²) in [6.07, 6.45) is 16.2. The maximum Gasteiger partial charge on any atom is 0.314 e. The molecule has 0 rings (SSSR count). The maximum atomic E-state index is 11.9. The molecule has 0 aromatic carbocycles. The van der Waals surface area contributed by atoms with Crippen LogP contribution < -0.4 is 0 Å². The third kappa shape index (κ3) is 22.7. The third-order valence-corrected chi connectivity index (χ3v) is 6.35. The second-order valence-corrected chi connectivity index (χ2v) is 11.2. The van der Waals surface area contributed by atoms with E-state index >= 15 is 0 Å². The van der Waals surface area contributed by atoms with Crippen LogP contribution in [0.3, 0.4) is 0 Å². The average molecular weight is 480 g/mol. The van der Waals surface area contributed by atoms with Gasteiger partial charge >= 0.3 is 11.9 Å². The zero-order valence-electron chi connectivity index (χ0n) is 20.6. The molecule has 0 amide bonds. The van der Waals surface area contributed by atoms with Crippen molar-refractivity contribution in [2.24, 2.45) is 11.8 Å². The molecule has 2 unspecified atom stereocenters. The zero-order valence-corrected chi connectivity index (χ0v) is 22.1. The highest BCUT2D eigenvalue weighted by molar-refractivity contribution is 6.22. The molecule has 0 fully saturated rings. The number of unbranched alkanes of at least 4 members (excludes halogenated alkanes) is 8. The van der Waals surface area contributed by atoms with Gasteiger partial charge in [0.15, 0.2) is 0 Å². The fraction of sp³-hybridized carbons (Fsp3) is 0.923. The van der Waals surface area contributed by atoms with Crippen molar-refractivity contribution in [2.75, 3.05) is 0 Å². The van der Waals surface area contributed by atoms with Crippen LogP contribution in [0.4, 0.5) is 0 Å². The van der Waals surface area contributed by atoms with Gasteiger partial charge in [0, 0.05) is 10.8 Å². The van der Waals surface area contributed by atoms with Gasteiger partial charge in [-0.1, -0.05) is 105 Å². The van der Waals surface area contributed by atoms with Crippen LogP contribution in [0.1, 0.15) is 130 Å². The first kappa shape index (κ1) is 30.7. The minimum absolute atomic E-state index is 0.0873. The number of carbonyl (C=O) groups excluding carboxylic acids is 2. The zero-order chi connectivity index (χ0) is 23.5. The number of hydrogen-bond donors (Lipinski definition) is 0. The molecule has 0 aromatic rings. The Morgan fingerprint density at radius 2 is 0.839 bits per heavy atom. The standard InChI is InChI=1S/C26H48Cl2O3/c1-21(2)15-11-7-5-9-13-17-23(27)19-25(29)31-26(30)20-24(28)18-14-10-6-8-12-16-22(3)4/h21-24H,5-20H2,1-4H3. The Bertz CT molecular complexity index is 412. The van der Waals surface area contributed by atoms with Gasteiger partial charge in [-0.3, -0.25) is 9.59 Å². The number of alkyl halides is 2. The van der Waals surface area contributed by atoms with E-state index < -0.39 is 11.9 Å². The Kier molecular flexibility index (Phi) is 20.2. The second-order valence-electron chi connectivity index (χ2n) is 9.93. The highest BCUT2D eigenvalue weighted by Crippen LogP contribution is 2.18. The Hall–Kier alpha value is -0.280. The van der Waals surface area contributed by atoms with Gasteiger partial charge in [-0.2, -0.15) is 0 Å². The fourth-order valence-corrected chi connectivity index (χ4v) is 4.23. The molecule has 0 spiro atoms. The van der Waals surface area contributed by atoms with Crippen LogP contribution in [0.5, 0.6) is 0 Å². The minimum atomic E-state index is -0.532. The summed E-state index contributed by atoms with van der Waals surface area (Å²) in [4.78, 5) is 23.8. The van der Waals surface area contributed by atoms with E-state index in [0.717, 1.165) is 50.4 Å². The summed E-state index contributed by atoms with van der Waals surface area (Å²) in [7, 11) is 0. The van der Waals surface area contributed by atoms with Crippen molar-refractivity contribution in [3.05, 3.63) is 0 Å². The van der Waals surface area contributed by atoms with Crippen molar-refractivity contribution in [1.82, 2.24) is 0 Å². The molecule has 0 aliphatic carbocycles. The first-order valence-corrected chi connectivity index (χ1v) is 13.6. The van der Waals surface area contributed by atoms with E-state index in [1.807, 2.05) is 0 Å². The van der Waals surface area contributed by atoms with E-state index in [1.165, 1.54) is 51.4 Å². The number of hydrogen-bond acceptors (Lipinski definition) is 3. The summed E-state index contributed by atoms with van der Waals surface area (Å²) in [5.41, 5.74) is 0. The first-order valence-electron chi connectivity index (χ1n) is 12.7. The second kappa shape index (κ2) is 20.3. The number of carbonyl (C=O) groups is 2. The summed E-state index contributed by atoms with van der Waals surface area (Å²) in [5, 5.41) is -0.531. The number of ether oxygens (including phenoxy) is 1. The monoisotopic (exact) mass is 478 g/mol. The molecule has 0 aliphatic heterocycles. The smallest absolute Gasteiger partial charge is 0.314 e. The molecule has 0 N–H and O–H groups in total. The number of halogens is 2. The van der Waals surface area contributed by atoms with E-state index in [2.05, 4.69) is 27.7 Å². The summed E-state index contributed by atoms with van der Waals surface area (Å²) in [5.74, 6) is 0.491. The molecular weight excluding hydrogens is 431 g/mol. The lowest BCUT2D eigenvalue weighted by atomic mass is 10.0. The lowest BCUT2D eigenvalue weighted by molar-refractivity contribution is -0.159. The SMILES string of the molecule is CC(C)CCCCCCCC(Cl)CC(=O)OC(=O)CC(Cl)CCCCCCCC(C)C. The van der Waals surface area contributed by atoms with Crippen LogP contribution in [0.25, 0.3) is 0 Å². The molecular formula is C26H48Cl2O3. The highest BCUT2D eigenvalue weighted by Gasteiger charge is 2.18. The van der Waals surface area contributed by atoms with Gasteiger partial charge in [-0.15, -0.1) is 23.2 Å². The van der Waals surface area contributed by atoms with E-state index in [1.54, 1.807) is 0 Å². The Balaban J connectivity index is 3.68. The summed E-state index contributed by atoms with van der Waals surface area (Å²) in [6, 6.07) is 0. The largest absolute Gasteiger partial charge is 0.393 e. The van der Waals surface area contributed by atoms with Gasteiger partial charge < -0.3 is 4.74 Å². The molecule has 0 aliphatic rings. The molecule has 0 saturated carbocycles. The normalized spacial score (nSPS) is 13.5. The quantitative estimate of drug-likeness (QED) is 0.0758. The lowest BCUT2D eigenvalue weighted by Gasteiger charge is -2.11. The number of rotatable bonds is 20. The predicted molar refractivity (Wildman–Crippen MR) is 134 cm³/mol. The third-order valence-electron chi connectivity index (χ3n) is 5.60. The molecule has 184 valence electrons. The fourth-order valence-electron chi connectivity index (χ4n) is 3.67. The predicted octanol–water partition coefficient (Wildman–Crippen LogP) is 8.82. The molecule has 0 saturated heterocycles. The van der Waals surface area contributed by atoms with Crippen molar-refractivity contribution in [2.45, 2.75) is 141 Å². The maximum absolute atomic E-state index is 11.9. The van der Waals surface area contributed by atoms with Gasteiger partial charge in [0.2, 0.25) is 0 Å². The summed E-state index contributed by atoms with van der Waals surface area (Å²) in [6.45, 7) is 9.02. The van der Waals surface area contributed by atoms with Crippen LogP contribution >= 0.6 is 23.2 Å². The molecule has 3 nitrogen and oxygen atoms in total. The van der Waals surface area contributed by atoms with Gasteiger partial charge in [-0.05, 0) is 24.7 Å². The van der Waals surface area contributed by atoms with Crippen molar-refractivity contribution in [3.8, 4) is 0 Å². The summed E-state index contributed by atoms with van der Waals surface area (Å²) >= 11 is 12.5. The van der Waals surface area contributed by atoms with Gasteiger partial charge in [0.1, 0.15) is 0 Å². The molecule has 0 radical (unpaired) electrons. The minimum Gasteiger partial charge on any atom is -0.393 e. The molecule has 0 heterocycles. The van der Waals surface area contributed by atoms with E-state index in [4.69, 9.17) is 27.9 Å². The molecule has 2 atom stereocenters. The highest BCUT2D eigenvalue weighted by atomic mass is 35.5. The lowest BCUT2D eigenvalue weighted by Crippen LogP contribution is -2.19. The van der Waals surface area contributed by atoms with Gasteiger partial charge in [0.05, 0.1) is 12.8 Å². The van der Waals surface area contributed by atoms with E-state index in [-0.39, 0.29) is 23.6 Å². The Morgan fingerprint density at radius 1 is 0.548 bits per heavy atom. The van der Waals surface area contributed by atoms with Crippen LogP contribution in [0.15, 0.2) is 0 Å². The molecule has 0 bridgehead atoms. The van der Waals surface area contributed by atoms with Gasteiger partial charge in [-0.25, -0.2) is 0 Å². The van der Waals surface area contributed by atoms with Gasteiger partial charge in [0.25, 0.3) is 0 Å². The molecule has 5 heteroatoms. The number of esters is 2. The topological polar surface area (TPSA) is 43.4 Å². The van der Waals surface area contributed by atoms with E-state index in [9.17, 15) is 9.59 Å². The van der Waals surface area contributed by atoms with Crippen LogP contribution in [-0.2, 0) is 14.3 Å². The van der Waals surface area contributed by atoms with Crippen LogP contribution in [0.2, 0.25) is 0 Å². The Morgan fingerprint density at radius 3 is 1.16 bits per heavy atom. The first-order chi connectivity index (χ1) is 14.7.